The minimum absolute atomic E-state index is 0.0443. The lowest BCUT2D eigenvalue weighted by molar-refractivity contribution is -0.302. The van der Waals surface area contributed by atoms with Crippen molar-refractivity contribution in [3.63, 3.8) is 0 Å². The highest BCUT2D eigenvalue weighted by atomic mass is 16.7. The molecule has 27 atom stereocenters. The van der Waals surface area contributed by atoms with E-state index in [4.69, 9.17) is 23.4 Å². The molecule has 2 aromatic rings. The minimum atomic E-state index is -1.50. The number of carbonyl (C=O) groups excluding carboxylic acids is 3. The molecule has 13 nitrogen and oxygen atoms in total. The fraction of sp³-hybridized carbons (Fsp3) is 0.776. The molecule has 4 N–H and O–H groups in total. The number of esters is 2. The third kappa shape index (κ3) is 6.43. The van der Waals surface area contributed by atoms with E-state index in [0.29, 0.717) is 48.3 Å². The predicted octanol–water partition coefficient (Wildman–Crippen LogP) is 11.0. The third-order valence-corrected chi connectivity index (χ3v) is 32.0. The number of allylic oxidation sites excluding steroid dienone is 1. The first-order valence-electron chi connectivity index (χ1n) is 36.2. The van der Waals surface area contributed by atoms with E-state index < -0.39 is 86.6 Å². The number of furan rings is 1. The zero-order valence-corrected chi connectivity index (χ0v) is 53.3. The van der Waals surface area contributed by atoms with E-state index in [1.54, 1.807) is 6.26 Å². The molecule has 0 radical (unpaired) electrons. The van der Waals surface area contributed by atoms with Crippen LogP contribution < -0.4 is 5.32 Å². The highest BCUT2D eigenvalue weighted by molar-refractivity contribution is 5.94. The van der Waals surface area contributed by atoms with E-state index in [9.17, 15) is 15.3 Å². The number of ether oxygens (including phenoxy) is 4. The lowest BCUT2D eigenvalue weighted by Crippen LogP contribution is -2.82. The van der Waals surface area contributed by atoms with E-state index in [1.807, 2.05) is 6.07 Å². The Balaban J connectivity index is 0.835. The van der Waals surface area contributed by atoms with Crippen molar-refractivity contribution >= 4 is 17.7 Å². The number of hydrogen-bond donors (Lipinski definition) is 4. The number of Topliss-reactive ketones (excluding diaryl/α,β-unsaturated/α-hetero) is 1. The maximum absolute atomic E-state index is 17.6. The van der Waals surface area contributed by atoms with Gasteiger partial charge in [0, 0.05) is 41.3 Å². The van der Waals surface area contributed by atoms with Gasteiger partial charge in [-0.25, -0.2) is 4.79 Å². The SMILES string of the molecule is CC(C)C[C@@H]1C=C2C[C@H]3CC[C@]45CCC6(CCCC6)[C@H]4CC[C@H]4[C@@H]6C[C@@]7(C)[C@H](c8ccoc8C[C@@H]([C@@H]8CC[C@@H]9[C@H](C=CN%10CNC[C@@H]9%10)C8)[C@H](O)CO)OC(=O)[C@H]8O[C@]87[C@]7([C@H]8CCC[C@H](Cc9ccccc9)C8)[C@H](O)C(=O)[C@@H]8[C@@]1(C)O[C@]21[C@@H](C(=O)OC[C@@]81[C@@H]67)[C@]345. The number of fused-ring (bicyclic) bond motifs is 7. The van der Waals surface area contributed by atoms with Crippen LogP contribution >= 0.6 is 0 Å². The molecule has 1 aromatic heterocycles. The number of benzene rings is 1. The maximum atomic E-state index is 17.6. The molecule has 17 aliphatic rings. The molecule has 7 aliphatic heterocycles. The van der Waals surface area contributed by atoms with Gasteiger partial charge in [-0.1, -0.05) is 88.9 Å². The average molecular weight is 1220 g/mol. The summed E-state index contributed by atoms with van der Waals surface area (Å²) >= 11 is 0. The van der Waals surface area contributed by atoms with Crippen LogP contribution in [0.4, 0.5) is 0 Å². The number of hydrogen-bond acceptors (Lipinski definition) is 13. The smallest absolute Gasteiger partial charge is 0.339 e. The molecular weight excluding hydrogens is 1120 g/mol. The molecule has 5 bridgehead atoms. The summed E-state index contributed by atoms with van der Waals surface area (Å²) in [6.45, 7) is 10.7. The summed E-state index contributed by atoms with van der Waals surface area (Å²) in [5.74, 6) is -0.363. The summed E-state index contributed by atoms with van der Waals surface area (Å²) in [6.07, 6.45) is 26.1. The summed E-state index contributed by atoms with van der Waals surface area (Å²) in [7, 11) is 0. The summed E-state index contributed by atoms with van der Waals surface area (Å²) in [6, 6.07) is 13.3. The zero-order chi connectivity index (χ0) is 60.4. The highest BCUT2D eigenvalue weighted by Crippen LogP contribution is 2.94. The lowest BCUT2D eigenvalue weighted by atomic mass is 9.29. The normalized spacial score (nSPS) is 52.3. The molecule has 10 saturated carbocycles. The Labute approximate surface area is 526 Å². The van der Waals surface area contributed by atoms with Gasteiger partial charge in [0.15, 0.2) is 11.9 Å². The van der Waals surface area contributed by atoms with Crippen LogP contribution in [0.3, 0.4) is 0 Å². The van der Waals surface area contributed by atoms with E-state index in [-0.39, 0.29) is 83.1 Å². The number of cyclic esters (lactones) is 2. The molecule has 8 heterocycles. The first-order chi connectivity index (χ1) is 43.0. The molecule has 15 fully saturated rings. The number of aliphatic hydroxyl groups is 3. The van der Waals surface area contributed by atoms with E-state index in [0.717, 1.165) is 115 Å². The topological polar surface area (TPSA) is 181 Å². The van der Waals surface area contributed by atoms with Gasteiger partial charge in [-0.15, -0.1) is 0 Å². The number of nitrogens with zero attached hydrogens (tertiary/aromatic N) is 1. The fourth-order valence-electron chi connectivity index (χ4n) is 30.0. The standard InChI is InChI=1S/C76H98N2O11/c1-41(2)29-48-34-49-33-47-19-24-71-26-25-70(22-8-9-23-70)58(71)18-17-54-53-36-68(3)64(51-21-28-85-57(51)35-52(56(80)38-79)44-15-16-50-45(32-44)20-27-78-40-77-37-55(50)78)87-67(84)65-76(68,88-65)74(46-14-10-13-43(31-46)30-42-11-6-5-7-12-42)60(53)72-39-86-66(83)62(73(47,54)71)75(49,72)89-69(48,4)61(72)59(81)63(74)82/h5-7,11-12,20-21,27-28,34,41,43-48,50,52-56,58,60-65,77,79-80,82H,8-10,13-19,22-26,29-33,35-40H2,1-4H3/t43-,44-,45-,46+,47-,48-,50-,52+,53+,54+,55+,56-,58-,60-,61-,62+,63-,64+,65-,68+,69+,71+,72-,73+,74+,75+,76-/m1/s1. The van der Waals surface area contributed by atoms with Crippen LogP contribution in [0.5, 0.6) is 0 Å². The summed E-state index contributed by atoms with van der Waals surface area (Å²) in [5.41, 5.74) is -3.98. The largest absolute Gasteiger partial charge is 0.469 e. The van der Waals surface area contributed by atoms with Crippen LogP contribution in [-0.2, 0) is 46.2 Å². The van der Waals surface area contributed by atoms with Crippen LogP contribution in [0.15, 0.2) is 71.0 Å². The van der Waals surface area contributed by atoms with Crippen molar-refractivity contribution in [1.82, 2.24) is 10.2 Å². The maximum Gasteiger partial charge on any atom is 0.339 e. The molecule has 478 valence electrons. The molecular formula is C76H98N2O11. The third-order valence-electron chi connectivity index (χ3n) is 32.0. The first-order valence-corrected chi connectivity index (χ1v) is 36.2. The quantitative estimate of drug-likeness (QED) is 0.0949. The number of aliphatic hydroxyl groups excluding tert-OH is 3. The second-order valence-electron chi connectivity index (χ2n) is 34.6. The van der Waals surface area contributed by atoms with Gasteiger partial charge < -0.3 is 43.6 Å². The van der Waals surface area contributed by atoms with Crippen LogP contribution in [0, 0.1) is 121 Å². The number of ketones is 1. The van der Waals surface area contributed by atoms with Crippen LogP contribution in [0.1, 0.15) is 179 Å². The highest BCUT2D eigenvalue weighted by Gasteiger charge is 3.00. The van der Waals surface area contributed by atoms with Gasteiger partial charge in [-0.3, -0.25) is 14.9 Å². The molecule has 19 rings (SSSR count). The molecule has 0 amide bonds. The average Bonchev–Trinajstić information content (AvgIpc) is 1.42. The van der Waals surface area contributed by atoms with Gasteiger partial charge >= 0.3 is 11.9 Å². The minimum Gasteiger partial charge on any atom is -0.469 e. The van der Waals surface area contributed by atoms with Gasteiger partial charge in [-0.05, 0) is 227 Å². The van der Waals surface area contributed by atoms with Crippen molar-refractivity contribution in [2.45, 2.75) is 216 Å². The van der Waals surface area contributed by atoms with Crippen LogP contribution in [0.25, 0.3) is 0 Å². The summed E-state index contributed by atoms with van der Waals surface area (Å²) < 4.78 is 37.6. The van der Waals surface area contributed by atoms with Crippen molar-refractivity contribution < 1.29 is 53.1 Å². The second-order valence-corrected chi connectivity index (χ2v) is 34.6. The van der Waals surface area contributed by atoms with Crippen molar-refractivity contribution in [3.05, 3.63) is 83.5 Å². The molecule has 0 unspecified atom stereocenters. The number of epoxide rings is 1. The van der Waals surface area contributed by atoms with Crippen molar-refractivity contribution in [2.24, 2.45) is 121 Å². The summed E-state index contributed by atoms with van der Waals surface area (Å²) in [4.78, 5) is 52.6. The van der Waals surface area contributed by atoms with Crippen molar-refractivity contribution in [3.8, 4) is 0 Å². The van der Waals surface area contributed by atoms with Gasteiger partial charge in [0.25, 0.3) is 0 Å². The predicted molar refractivity (Wildman–Crippen MR) is 328 cm³/mol. The number of carbonyl (C=O) groups is 3. The van der Waals surface area contributed by atoms with Crippen molar-refractivity contribution in [2.75, 3.05) is 26.4 Å². The molecule has 13 heteroatoms. The molecule has 89 heavy (non-hydrogen) atoms. The summed E-state index contributed by atoms with van der Waals surface area (Å²) in [5, 5.41) is 41.7. The van der Waals surface area contributed by atoms with Gasteiger partial charge in [0.05, 0.1) is 48.5 Å². The van der Waals surface area contributed by atoms with E-state index in [1.165, 1.54) is 43.2 Å². The number of nitrogens with one attached hydrogen (secondary N) is 1. The van der Waals surface area contributed by atoms with Gasteiger partial charge in [-0.2, -0.15) is 0 Å². The monoisotopic (exact) mass is 1210 g/mol. The van der Waals surface area contributed by atoms with E-state index >= 15 is 14.4 Å². The van der Waals surface area contributed by atoms with Crippen LogP contribution in [0.2, 0.25) is 0 Å². The van der Waals surface area contributed by atoms with Gasteiger partial charge in [0.2, 0.25) is 0 Å². The molecule has 6 spiro atoms. The Bertz CT molecular complexity index is 3350. The molecule has 5 saturated heterocycles. The molecule has 10 aliphatic carbocycles. The van der Waals surface area contributed by atoms with E-state index in [2.05, 4.69) is 86.6 Å². The Kier molecular flexibility index (Phi) is 11.9. The second kappa shape index (κ2) is 18.8. The Morgan fingerprint density at radius 2 is 1.69 bits per heavy atom. The number of rotatable bonds is 11. The lowest BCUT2D eigenvalue weighted by Gasteiger charge is -2.73. The Morgan fingerprint density at radius 3 is 2.51 bits per heavy atom. The fourth-order valence-corrected chi connectivity index (χ4v) is 30.0. The first kappa shape index (κ1) is 56.7. The Morgan fingerprint density at radius 1 is 0.843 bits per heavy atom. The molecule has 1 aromatic carbocycles. The van der Waals surface area contributed by atoms with Gasteiger partial charge in [0.1, 0.15) is 35.8 Å². The van der Waals surface area contributed by atoms with Crippen molar-refractivity contribution in [1.29, 1.82) is 0 Å². The Hall–Kier alpha value is -3.85. The van der Waals surface area contributed by atoms with Crippen LogP contribution in [-0.4, -0.2) is 106 Å². The zero-order valence-electron chi connectivity index (χ0n) is 53.3.